The molecule has 4 unspecified atom stereocenters. The second kappa shape index (κ2) is 19.2. The quantitative estimate of drug-likeness (QED) is 0.0968. The largest absolute Gasteiger partial charge is 0.508 e. The monoisotopic (exact) mass is 568 g/mol. The summed E-state index contributed by atoms with van der Waals surface area (Å²) < 4.78 is 0. The zero-order chi connectivity index (χ0) is 29.2. The molecule has 0 bridgehead atoms. The third-order valence-corrected chi connectivity index (χ3v) is 6.76. The topological polar surface area (TPSA) is 223 Å². The number of rotatable bonds is 20. The van der Waals surface area contributed by atoms with E-state index in [4.69, 9.17) is 17.2 Å². The maximum Gasteiger partial charge on any atom is 0.326 e. The lowest BCUT2D eigenvalue weighted by Gasteiger charge is -2.25. The van der Waals surface area contributed by atoms with Crippen molar-refractivity contribution in [2.75, 3.05) is 25.1 Å². The number of benzene rings is 1. The molecule has 0 spiro atoms. The van der Waals surface area contributed by atoms with Crippen LogP contribution in [-0.2, 0) is 25.6 Å². The molecule has 0 aromatic heterocycles. The lowest BCUT2D eigenvalue weighted by atomic mass is 10.0. The average molecular weight is 569 g/mol. The number of carboxylic acids is 1. The summed E-state index contributed by atoms with van der Waals surface area (Å²) in [6.45, 7) is 0.897. The van der Waals surface area contributed by atoms with Crippen LogP contribution in [0.4, 0.5) is 0 Å². The van der Waals surface area contributed by atoms with E-state index in [9.17, 15) is 29.4 Å². The average Bonchev–Trinajstić information content (AvgIpc) is 2.90. The molecule has 0 fully saturated rings. The van der Waals surface area contributed by atoms with Crippen LogP contribution in [0.2, 0.25) is 0 Å². The molecule has 4 atom stereocenters. The van der Waals surface area contributed by atoms with Crippen molar-refractivity contribution < 1.29 is 29.4 Å². The second-order valence-electron chi connectivity index (χ2n) is 9.35. The highest BCUT2D eigenvalue weighted by Gasteiger charge is 2.30. The molecule has 39 heavy (non-hydrogen) atoms. The van der Waals surface area contributed by atoms with Gasteiger partial charge in [0.15, 0.2) is 0 Å². The van der Waals surface area contributed by atoms with Crippen molar-refractivity contribution in [2.24, 2.45) is 17.2 Å². The van der Waals surface area contributed by atoms with Crippen molar-refractivity contribution >= 4 is 35.5 Å². The van der Waals surface area contributed by atoms with E-state index in [1.54, 1.807) is 12.1 Å². The van der Waals surface area contributed by atoms with Crippen molar-refractivity contribution in [3.05, 3.63) is 29.8 Å². The van der Waals surface area contributed by atoms with Gasteiger partial charge in [-0.05, 0) is 81.3 Å². The summed E-state index contributed by atoms with van der Waals surface area (Å²) in [5, 5.41) is 27.1. The van der Waals surface area contributed by atoms with E-state index < -0.39 is 47.9 Å². The number of phenolic OH excluding ortho intramolecular Hbond substituents is 1. The van der Waals surface area contributed by atoms with Crippen LogP contribution < -0.4 is 33.2 Å². The number of hydrogen-bond donors (Lipinski definition) is 8. The fourth-order valence-electron chi connectivity index (χ4n) is 3.80. The Morgan fingerprint density at radius 2 is 1.31 bits per heavy atom. The van der Waals surface area contributed by atoms with Crippen LogP contribution in [0.1, 0.15) is 50.5 Å². The van der Waals surface area contributed by atoms with Crippen LogP contribution in [0, 0.1) is 0 Å². The fraction of sp³-hybridized carbons (Fsp3) is 0.615. The van der Waals surface area contributed by atoms with Gasteiger partial charge in [-0.3, -0.25) is 14.4 Å². The maximum absolute atomic E-state index is 13.2. The van der Waals surface area contributed by atoms with Gasteiger partial charge in [0.2, 0.25) is 17.7 Å². The van der Waals surface area contributed by atoms with Gasteiger partial charge in [0, 0.05) is 6.42 Å². The Labute approximate surface area is 234 Å². The molecule has 0 saturated heterocycles. The first-order valence-electron chi connectivity index (χ1n) is 13.2. The summed E-state index contributed by atoms with van der Waals surface area (Å²) in [6.07, 6.45) is 5.41. The lowest BCUT2D eigenvalue weighted by molar-refractivity contribution is -0.142. The van der Waals surface area contributed by atoms with Crippen molar-refractivity contribution in [1.29, 1.82) is 0 Å². The fourth-order valence-corrected chi connectivity index (χ4v) is 4.27. The Bertz CT molecular complexity index is 903. The van der Waals surface area contributed by atoms with Crippen molar-refractivity contribution in [2.45, 2.75) is 75.5 Å². The van der Waals surface area contributed by atoms with E-state index >= 15 is 0 Å². The Kier molecular flexibility index (Phi) is 16.8. The number of aliphatic carboxylic acids is 1. The molecule has 220 valence electrons. The maximum atomic E-state index is 13.2. The summed E-state index contributed by atoms with van der Waals surface area (Å²) >= 11 is 1.50. The van der Waals surface area contributed by atoms with Crippen molar-refractivity contribution in [3.8, 4) is 5.75 Å². The predicted molar refractivity (Wildman–Crippen MR) is 152 cm³/mol. The van der Waals surface area contributed by atoms with Gasteiger partial charge in [0.25, 0.3) is 0 Å². The van der Waals surface area contributed by atoms with Gasteiger partial charge in [-0.2, -0.15) is 11.8 Å². The number of aromatic hydroxyl groups is 1. The van der Waals surface area contributed by atoms with E-state index in [0.29, 0.717) is 56.5 Å². The highest BCUT2D eigenvalue weighted by atomic mass is 32.2. The highest BCUT2D eigenvalue weighted by molar-refractivity contribution is 7.98. The number of unbranched alkanes of at least 4 members (excludes halogenated alkanes) is 2. The molecular weight excluding hydrogens is 524 g/mol. The highest BCUT2D eigenvalue weighted by Crippen LogP contribution is 2.12. The van der Waals surface area contributed by atoms with E-state index in [0.717, 1.165) is 6.42 Å². The Morgan fingerprint density at radius 3 is 1.85 bits per heavy atom. The van der Waals surface area contributed by atoms with Crippen LogP contribution in [0.25, 0.3) is 0 Å². The van der Waals surface area contributed by atoms with E-state index in [1.165, 1.54) is 23.9 Å². The molecule has 0 aliphatic rings. The summed E-state index contributed by atoms with van der Waals surface area (Å²) in [6, 6.07) is 2.00. The molecule has 1 rings (SSSR count). The van der Waals surface area contributed by atoms with E-state index in [2.05, 4.69) is 16.0 Å². The second-order valence-corrected chi connectivity index (χ2v) is 10.3. The van der Waals surface area contributed by atoms with Gasteiger partial charge < -0.3 is 43.4 Å². The van der Waals surface area contributed by atoms with Crippen LogP contribution in [-0.4, -0.2) is 83.2 Å². The number of carboxylic acid groups (broad SMARTS) is 1. The van der Waals surface area contributed by atoms with Gasteiger partial charge in [-0.15, -0.1) is 0 Å². The van der Waals surface area contributed by atoms with Crippen LogP contribution in [0.15, 0.2) is 24.3 Å². The number of carbonyl (C=O) groups is 4. The molecule has 12 nitrogen and oxygen atoms in total. The zero-order valence-electron chi connectivity index (χ0n) is 22.6. The first-order chi connectivity index (χ1) is 18.6. The molecule has 0 aliphatic heterocycles. The van der Waals surface area contributed by atoms with Crippen molar-refractivity contribution in [3.63, 3.8) is 0 Å². The van der Waals surface area contributed by atoms with Gasteiger partial charge in [0.1, 0.15) is 23.9 Å². The summed E-state index contributed by atoms with van der Waals surface area (Å²) in [4.78, 5) is 50.9. The van der Waals surface area contributed by atoms with Gasteiger partial charge in [-0.25, -0.2) is 4.79 Å². The molecule has 1 aromatic carbocycles. The molecule has 0 aliphatic carbocycles. The first kappa shape index (κ1) is 34.2. The predicted octanol–water partition coefficient (Wildman–Crippen LogP) is -0.188. The number of thioether (sulfide) groups is 1. The Hall–Kier alpha value is -2.87. The number of nitrogens with two attached hydrogens (primary N) is 3. The third-order valence-electron chi connectivity index (χ3n) is 6.12. The number of carbonyl (C=O) groups excluding carboxylic acids is 3. The van der Waals surface area contributed by atoms with Gasteiger partial charge in [0.05, 0.1) is 6.04 Å². The summed E-state index contributed by atoms with van der Waals surface area (Å²) in [5.41, 5.74) is 17.7. The van der Waals surface area contributed by atoms with E-state index in [-0.39, 0.29) is 18.6 Å². The SMILES string of the molecule is CSCCC(NC(=O)C(N)CCCCN)C(=O)NC(CCCCN)C(=O)NC(Cc1ccc(O)cc1)C(=O)O. The smallest absolute Gasteiger partial charge is 0.326 e. The molecule has 3 amide bonds. The minimum absolute atomic E-state index is 0.0146. The number of nitrogens with one attached hydrogen (secondary N) is 3. The molecule has 1 aromatic rings. The minimum atomic E-state index is -1.26. The first-order valence-corrected chi connectivity index (χ1v) is 14.6. The lowest BCUT2D eigenvalue weighted by Crippen LogP contribution is -2.57. The van der Waals surface area contributed by atoms with Crippen LogP contribution >= 0.6 is 11.8 Å². The zero-order valence-corrected chi connectivity index (χ0v) is 23.4. The Morgan fingerprint density at radius 1 is 0.795 bits per heavy atom. The standard InChI is InChI=1S/C26H44N6O6S/c1-39-15-12-21(30-23(34)19(29)6-2-4-13-27)25(36)31-20(7-3-5-14-28)24(35)32-22(26(37)38)16-17-8-10-18(33)11-9-17/h8-11,19-22,33H,2-7,12-16,27-29H2,1H3,(H,30,34)(H,31,36)(H,32,35)(H,37,38). The van der Waals surface area contributed by atoms with Crippen molar-refractivity contribution in [1.82, 2.24) is 16.0 Å². The normalized spacial score (nSPS) is 14.1. The molecule has 0 radical (unpaired) electrons. The molecular formula is C26H44N6O6S. The number of hydrogen-bond acceptors (Lipinski definition) is 9. The molecule has 0 heterocycles. The van der Waals surface area contributed by atoms with Gasteiger partial charge >= 0.3 is 5.97 Å². The number of phenols is 1. The summed E-state index contributed by atoms with van der Waals surface area (Å²) in [5.74, 6) is -2.28. The summed E-state index contributed by atoms with van der Waals surface area (Å²) in [7, 11) is 0. The minimum Gasteiger partial charge on any atom is -0.508 e. The van der Waals surface area contributed by atoms with E-state index in [1.807, 2.05) is 6.26 Å². The van der Waals surface area contributed by atoms with Crippen LogP contribution in [0.3, 0.4) is 0 Å². The third kappa shape index (κ3) is 13.7. The molecule has 0 saturated carbocycles. The molecule has 11 N–H and O–H groups in total. The van der Waals surface area contributed by atoms with Crippen LogP contribution in [0.5, 0.6) is 5.75 Å². The Balaban J connectivity index is 2.97. The molecule has 13 heteroatoms. The number of amides is 3. The van der Waals surface area contributed by atoms with Gasteiger partial charge in [-0.1, -0.05) is 18.6 Å².